The number of carbonyl (C=O) groups is 1. The maximum Gasteiger partial charge on any atom is 0.257 e. The molecule has 29 heavy (non-hydrogen) atoms. The van der Waals surface area contributed by atoms with Crippen molar-refractivity contribution >= 4 is 34.1 Å². The van der Waals surface area contributed by atoms with Crippen LogP contribution in [0.25, 0.3) is 10.9 Å². The van der Waals surface area contributed by atoms with Crippen LogP contribution in [0.15, 0.2) is 30.5 Å². The van der Waals surface area contributed by atoms with Crippen molar-refractivity contribution in [1.29, 1.82) is 0 Å². The van der Waals surface area contributed by atoms with Crippen molar-refractivity contribution in [2.75, 3.05) is 18.4 Å². The Labute approximate surface area is 168 Å². The first-order valence-corrected chi connectivity index (χ1v) is 9.08. The summed E-state index contributed by atoms with van der Waals surface area (Å²) >= 11 is 5.95. The Morgan fingerprint density at radius 2 is 1.72 bits per heavy atom. The maximum absolute atomic E-state index is 13.9. The molecule has 0 saturated heterocycles. The Balaban J connectivity index is 1.59. The van der Waals surface area contributed by atoms with E-state index in [9.17, 15) is 22.4 Å². The van der Waals surface area contributed by atoms with Gasteiger partial charge in [-0.3, -0.25) is 9.78 Å². The van der Waals surface area contributed by atoms with Gasteiger partial charge in [0.05, 0.1) is 5.52 Å². The van der Waals surface area contributed by atoms with Crippen LogP contribution in [0, 0.1) is 30.2 Å². The Kier molecular flexibility index (Phi) is 6.22. The lowest BCUT2D eigenvalue weighted by molar-refractivity contribution is 0.0942. The van der Waals surface area contributed by atoms with Gasteiger partial charge in [0.2, 0.25) is 0 Å². The number of nitrogens with one attached hydrogen (secondary N) is 2. The van der Waals surface area contributed by atoms with Gasteiger partial charge in [-0.05, 0) is 37.6 Å². The second-order valence-corrected chi connectivity index (χ2v) is 6.75. The highest BCUT2D eigenvalue weighted by atomic mass is 35.5. The van der Waals surface area contributed by atoms with Crippen LogP contribution in [-0.2, 0) is 0 Å². The molecular formula is C20H16ClF4N3O. The van der Waals surface area contributed by atoms with Crippen LogP contribution in [0.1, 0.15) is 22.3 Å². The molecule has 152 valence electrons. The zero-order valence-electron chi connectivity index (χ0n) is 15.3. The number of nitrogens with zero attached hydrogens (tertiary/aromatic N) is 1. The monoisotopic (exact) mass is 425 g/mol. The largest absolute Gasteiger partial charge is 0.384 e. The quantitative estimate of drug-likeness (QED) is 0.332. The van der Waals surface area contributed by atoms with Crippen molar-refractivity contribution in [3.05, 3.63) is 69.9 Å². The zero-order valence-corrected chi connectivity index (χ0v) is 16.0. The molecule has 0 spiro atoms. The fraction of sp³-hybridized carbons (Fsp3) is 0.200. The average molecular weight is 426 g/mol. The molecule has 0 bridgehead atoms. The number of carbonyl (C=O) groups excluding carboxylic acids is 1. The molecule has 0 unspecified atom stereocenters. The van der Waals surface area contributed by atoms with Gasteiger partial charge in [-0.15, -0.1) is 0 Å². The molecule has 0 atom stereocenters. The van der Waals surface area contributed by atoms with E-state index >= 15 is 0 Å². The van der Waals surface area contributed by atoms with Gasteiger partial charge in [0.1, 0.15) is 5.56 Å². The number of pyridine rings is 1. The van der Waals surface area contributed by atoms with E-state index in [0.717, 1.165) is 18.0 Å². The van der Waals surface area contributed by atoms with Gasteiger partial charge in [-0.2, -0.15) is 0 Å². The number of hydrogen-bond acceptors (Lipinski definition) is 3. The minimum absolute atomic E-state index is 0.0384. The van der Waals surface area contributed by atoms with Gasteiger partial charge in [0.15, 0.2) is 23.3 Å². The summed E-state index contributed by atoms with van der Waals surface area (Å²) in [5, 5.41) is 6.85. The number of benzene rings is 2. The van der Waals surface area contributed by atoms with Gasteiger partial charge in [0.25, 0.3) is 5.91 Å². The number of hydrogen-bond donors (Lipinski definition) is 2. The molecule has 0 radical (unpaired) electrons. The molecule has 0 aliphatic rings. The highest BCUT2D eigenvalue weighted by Crippen LogP contribution is 2.25. The average Bonchev–Trinajstić information content (AvgIpc) is 2.70. The molecule has 0 saturated carbocycles. The predicted octanol–water partition coefficient (Wildman–Crippen LogP) is 4.99. The van der Waals surface area contributed by atoms with Crippen molar-refractivity contribution in [3.8, 4) is 0 Å². The summed E-state index contributed by atoms with van der Waals surface area (Å²) in [6.45, 7) is 1.35. The molecule has 2 aromatic carbocycles. The van der Waals surface area contributed by atoms with E-state index in [2.05, 4.69) is 15.6 Å². The summed E-state index contributed by atoms with van der Waals surface area (Å²) in [6, 6.07) is 7.06. The number of amides is 1. The molecule has 9 heteroatoms. The topological polar surface area (TPSA) is 54.0 Å². The van der Waals surface area contributed by atoms with E-state index in [1.807, 2.05) is 6.07 Å². The van der Waals surface area contributed by atoms with Gasteiger partial charge >= 0.3 is 0 Å². The lowest BCUT2D eigenvalue weighted by Crippen LogP contribution is -2.28. The van der Waals surface area contributed by atoms with Crippen LogP contribution in [0.2, 0.25) is 5.02 Å². The molecule has 0 fully saturated rings. The van der Waals surface area contributed by atoms with Gasteiger partial charge in [0, 0.05) is 40.9 Å². The lowest BCUT2D eigenvalue weighted by atomic mass is 10.1. The molecule has 4 nitrogen and oxygen atoms in total. The molecule has 1 amide bonds. The van der Waals surface area contributed by atoms with Crippen molar-refractivity contribution < 1.29 is 22.4 Å². The maximum atomic E-state index is 13.9. The molecule has 1 heterocycles. The lowest BCUT2D eigenvalue weighted by Gasteiger charge is -2.12. The predicted molar refractivity (Wildman–Crippen MR) is 103 cm³/mol. The van der Waals surface area contributed by atoms with Crippen LogP contribution < -0.4 is 10.6 Å². The van der Waals surface area contributed by atoms with E-state index in [4.69, 9.17) is 11.6 Å². The standard InChI is InChI=1S/C20H16ClF4N3O/c1-10-16(22)18(24)15(19(25)17(10)23)20(29)28-7-2-6-26-13-5-8-27-14-9-11(21)3-4-12(13)14/h3-5,8-9H,2,6-7H2,1H3,(H,26,27)(H,28,29). The summed E-state index contributed by atoms with van der Waals surface area (Å²) in [7, 11) is 0. The van der Waals surface area contributed by atoms with E-state index in [-0.39, 0.29) is 6.54 Å². The minimum Gasteiger partial charge on any atom is -0.384 e. The van der Waals surface area contributed by atoms with Crippen molar-refractivity contribution in [1.82, 2.24) is 10.3 Å². The number of halogens is 5. The number of rotatable bonds is 6. The Bertz CT molecular complexity index is 1060. The first-order chi connectivity index (χ1) is 13.8. The normalized spacial score (nSPS) is 11.0. The number of anilines is 1. The Morgan fingerprint density at radius 1 is 1.03 bits per heavy atom. The van der Waals surface area contributed by atoms with Gasteiger partial charge in [-0.25, -0.2) is 17.6 Å². The number of fused-ring (bicyclic) bond motifs is 1. The van der Waals surface area contributed by atoms with Crippen LogP contribution >= 0.6 is 11.6 Å². The summed E-state index contributed by atoms with van der Waals surface area (Å²) in [4.78, 5) is 16.2. The second-order valence-electron chi connectivity index (χ2n) is 6.31. The highest BCUT2D eigenvalue weighted by molar-refractivity contribution is 6.31. The highest BCUT2D eigenvalue weighted by Gasteiger charge is 2.27. The minimum atomic E-state index is -1.71. The Hall–Kier alpha value is -2.87. The summed E-state index contributed by atoms with van der Waals surface area (Å²) in [6.07, 6.45) is 2.01. The van der Waals surface area contributed by atoms with Crippen LogP contribution in [0.5, 0.6) is 0 Å². The van der Waals surface area contributed by atoms with Crippen LogP contribution in [-0.4, -0.2) is 24.0 Å². The fourth-order valence-electron chi connectivity index (χ4n) is 2.82. The summed E-state index contributed by atoms with van der Waals surface area (Å²) < 4.78 is 54.9. The molecule has 2 N–H and O–H groups in total. The van der Waals surface area contributed by atoms with E-state index in [0.29, 0.717) is 23.5 Å². The molecule has 3 rings (SSSR count). The van der Waals surface area contributed by atoms with Crippen molar-refractivity contribution in [3.63, 3.8) is 0 Å². The van der Waals surface area contributed by atoms with Gasteiger partial charge < -0.3 is 10.6 Å². The molecule has 3 aromatic rings. The smallest absolute Gasteiger partial charge is 0.257 e. The molecule has 0 aliphatic carbocycles. The van der Waals surface area contributed by atoms with Crippen LogP contribution in [0.4, 0.5) is 23.2 Å². The fourth-order valence-corrected chi connectivity index (χ4v) is 2.98. The van der Waals surface area contributed by atoms with E-state index in [1.54, 1.807) is 24.4 Å². The van der Waals surface area contributed by atoms with E-state index in [1.165, 1.54) is 0 Å². The molecule has 1 aromatic heterocycles. The molecule has 0 aliphatic heterocycles. The third kappa shape index (κ3) is 4.27. The number of aromatic nitrogens is 1. The van der Waals surface area contributed by atoms with E-state index < -0.39 is 40.3 Å². The first kappa shape index (κ1) is 20.9. The third-order valence-electron chi connectivity index (χ3n) is 4.37. The third-order valence-corrected chi connectivity index (χ3v) is 4.60. The summed E-state index contributed by atoms with van der Waals surface area (Å²) in [5.74, 6) is -7.81. The SMILES string of the molecule is Cc1c(F)c(F)c(C(=O)NCCCNc2ccnc3cc(Cl)ccc23)c(F)c1F. The first-order valence-electron chi connectivity index (χ1n) is 8.70. The zero-order chi connectivity index (χ0) is 21.1. The van der Waals surface area contributed by atoms with Gasteiger partial charge in [-0.1, -0.05) is 11.6 Å². The Morgan fingerprint density at radius 3 is 2.41 bits per heavy atom. The van der Waals surface area contributed by atoms with Crippen molar-refractivity contribution in [2.24, 2.45) is 0 Å². The second kappa shape index (κ2) is 8.65. The summed E-state index contributed by atoms with van der Waals surface area (Å²) in [5.41, 5.74) is -0.565. The van der Waals surface area contributed by atoms with Crippen LogP contribution in [0.3, 0.4) is 0 Å². The molecular weight excluding hydrogens is 410 g/mol. The van der Waals surface area contributed by atoms with Crippen molar-refractivity contribution in [2.45, 2.75) is 13.3 Å².